The number of carbonyl (C=O) groups is 1. The fourth-order valence-electron chi connectivity index (χ4n) is 3.62. The zero-order valence-electron chi connectivity index (χ0n) is 16.0. The van der Waals surface area contributed by atoms with E-state index in [4.69, 9.17) is 16.3 Å². The van der Waals surface area contributed by atoms with Gasteiger partial charge in [0.15, 0.2) is 6.61 Å². The van der Waals surface area contributed by atoms with Crippen LogP contribution in [-0.2, 0) is 17.8 Å². The number of benzene rings is 2. The number of rotatable bonds is 7. The van der Waals surface area contributed by atoms with E-state index in [2.05, 4.69) is 52.0 Å². The van der Waals surface area contributed by atoms with Gasteiger partial charge >= 0.3 is 0 Å². The monoisotopic (exact) mass is 426 g/mol. The van der Waals surface area contributed by atoms with E-state index >= 15 is 0 Å². The highest BCUT2D eigenvalue weighted by molar-refractivity contribution is 7.10. The summed E-state index contributed by atoms with van der Waals surface area (Å²) >= 11 is 7.61. The number of carbonyl (C=O) groups excluding carboxylic acids is 1. The molecular weight excluding hydrogens is 404 g/mol. The van der Waals surface area contributed by atoms with Crippen molar-refractivity contribution in [3.63, 3.8) is 0 Å². The predicted octanol–water partition coefficient (Wildman–Crippen LogP) is 4.70. The fraction of sp³-hybridized carbons (Fsp3) is 0.261. The number of ether oxygens (including phenoxy) is 1. The van der Waals surface area contributed by atoms with Crippen molar-refractivity contribution in [3.8, 4) is 5.75 Å². The normalized spacial score (nSPS) is 14.8. The van der Waals surface area contributed by atoms with Crippen LogP contribution in [0.4, 0.5) is 0 Å². The summed E-state index contributed by atoms with van der Waals surface area (Å²) < 4.78 is 5.56. The Kier molecular flexibility index (Phi) is 6.49. The van der Waals surface area contributed by atoms with Crippen LogP contribution in [0.3, 0.4) is 0 Å². The van der Waals surface area contributed by atoms with Gasteiger partial charge in [-0.15, -0.1) is 11.3 Å². The van der Waals surface area contributed by atoms with Gasteiger partial charge in [0.1, 0.15) is 5.75 Å². The molecule has 1 aromatic heterocycles. The Hall–Kier alpha value is -2.34. The van der Waals surface area contributed by atoms with Crippen molar-refractivity contribution in [3.05, 3.63) is 87.1 Å². The lowest BCUT2D eigenvalue weighted by molar-refractivity contribution is -0.123. The van der Waals surface area contributed by atoms with Gasteiger partial charge in [-0.1, -0.05) is 41.9 Å². The molecule has 1 atom stereocenters. The molecule has 29 heavy (non-hydrogen) atoms. The molecule has 6 heteroatoms. The molecule has 0 bridgehead atoms. The summed E-state index contributed by atoms with van der Waals surface area (Å²) in [7, 11) is 0. The Morgan fingerprint density at radius 3 is 2.66 bits per heavy atom. The van der Waals surface area contributed by atoms with Crippen LogP contribution >= 0.6 is 22.9 Å². The minimum Gasteiger partial charge on any atom is -0.484 e. The van der Waals surface area contributed by atoms with Crippen molar-refractivity contribution in [2.45, 2.75) is 19.0 Å². The molecule has 0 fully saturated rings. The second-order valence-electron chi connectivity index (χ2n) is 7.07. The quantitative estimate of drug-likeness (QED) is 0.595. The Bertz CT molecular complexity index is 944. The summed E-state index contributed by atoms with van der Waals surface area (Å²) in [6.45, 7) is 2.43. The molecule has 0 radical (unpaired) electrons. The minimum absolute atomic E-state index is 0.0123. The maximum Gasteiger partial charge on any atom is 0.258 e. The summed E-state index contributed by atoms with van der Waals surface area (Å²) in [5, 5.41) is 5.78. The van der Waals surface area contributed by atoms with Gasteiger partial charge in [-0.05, 0) is 53.3 Å². The third-order valence-electron chi connectivity index (χ3n) is 5.15. The van der Waals surface area contributed by atoms with Crippen LogP contribution in [0.1, 0.15) is 22.0 Å². The molecule has 3 aromatic rings. The smallest absolute Gasteiger partial charge is 0.258 e. The second-order valence-corrected chi connectivity index (χ2v) is 8.48. The van der Waals surface area contributed by atoms with E-state index in [-0.39, 0.29) is 18.6 Å². The molecule has 1 amide bonds. The van der Waals surface area contributed by atoms with Gasteiger partial charge in [0.2, 0.25) is 0 Å². The predicted molar refractivity (Wildman–Crippen MR) is 118 cm³/mol. The van der Waals surface area contributed by atoms with Gasteiger partial charge < -0.3 is 10.1 Å². The minimum atomic E-state index is -0.126. The van der Waals surface area contributed by atoms with Crippen molar-refractivity contribution >= 4 is 28.8 Å². The van der Waals surface area contributed by atoms with Crippen LogP contribution in [0.2, 0.25) is 5.02 Å². The number of nitrogens with zero attached hydrogens (tertiary/aromatic N) is 1. The SMILES string of the molecule is O=C(COc1ccc(Cl)cc1)NC[C@H](c1cccs1)N1CCc2ccccc2C1. The first kappa shape index (κ1) is 20.0. The van der Waals surface area contributed by atoms with Gasteiger partial charge in [-0.3, -0.25) is 9.69 Å². The van der Waals surface area contributed by atoms with E-state index in [0.29, 0.717) is 17.3 Å². The Labute approximate surface area is 180 Å². The Balaban J connectivity index is 1.37. The fourth-order valence-corrected chi connectivity index (χ4v) is 4.60. The highest BCUT2D eigenvalue weighted by atomic mass is 35.5. The molecule has 4 nitrogen and oxygen atoms in total. The summed E-state index contributed by atoms with van der Waals surface area (Å²) in [5.41, 5.74) is 2.80. The molecule has 1 aliphatic heterocycles. The average molecular weight is 427 g/mol. The maximum atomic E-state index is 12.4. The molecule has 0 saturated heterocycles. The third-order valence-corrected chi connectivity index (χ3v) is 6.37. The van der Waals surface area contributed by atoms with Gasteiger partial charge in [0.25, 0.3) is 5.91 Å². The highest BCUT2D eigenvalue weighted by Gasteiger charge is 2.25. The molecule has 0 aliphatic carbocycles. The van der Waals surface area contributed by atoms with Crippen LogP contribution in [0.15, 0.2) is 66.0 Å². The first-order valence-corrected chi connectivity index (χ1v) is 10.9. The number of hydrogen-bond acceptors (Lipinski definition) is 4. The van der Waals surface area contributed by atoms with Crippen molar-refractivity contribution in [1.82, 2.24) is 10.2 Å². The van der Waals surface area contributed by atoms with Crippen molar-refractivity contribution in [2.75, 3.05) is 19.7 Å². The lowest BCUT2D eigenvalue weighted by atomic mass is 9.98. The van der Waals surface area contributed by atoms with Crippen molar-refractivity contribution in [2.24, 2.45) is 0 Å². The molecule has 4 rings (SSSR count). The Morgan fingerprint density at radius 2 is 1.90 bits per heavy atom. The number of halogens is 1. The van der Waals surface area contributed by atoms with E-state index in [0.717, 1.165) is 19.5 Å². The van der Waals surface area contributed by atoms with Crippen molar-refractivity contribution in [1.29, 1.82) is 0 Å². The van der Waals surface area contributed by atoms with E-state index in [1.54, 1.807) is 35.6 Å². The van der Waals surface area contributed by atoms with Gasteiger partial charge in [-0.25, -0.2) is 0 Å². The van der Waals surface area contributed by atoms with E-state index < -0.39 is 0 Å². The van der Waals surface area contributed by atoms with Crippen LogP contribution in [-0.4, -0.2) is 30.5 Å². The standard InChI is InChI=1S/C23H23ClN2O2S/c24-19-7-9-20(10-8-19)28-16-23(27)25-14-21(22-6-3-13-29-22)26-12-11-17-4-1-2-5-18(17)15-26/h1-10,13,21H,11-12,14-16H2,(H,25,27)/t21-/m1/s1. The number of hydrogen-bond donors (Lipinski definition) is 1. The first-order chi connectivity index (χ1) is 14.2. The van der Waals surface area contributed by atoms with Gasteiger partial charge in [0.05, 0.1) is 6.04 Å². The van der Waals surface area contributed by atoms with Gasteiger partial charge in [0, 0.05) is 29.5 Å². The maximum absolute atomic E-state index is 12.4. The molecule has 2 aromatic carbocycles. The highest BCUT2D eigenvalue weighted by Crippen LogP contribution is 2.30. The molecule has 0 unspecified atom stereocenters. The summed E-state index contributed by atoms with van der Waals surface area (Å²) in [5.74, 6) is 0.505. The largest absolute Gasteiger partial charge is 0.484 e. The molecular formula is C23H23ClN2O2S. The lowest BCUT2D eigenvalue weighted by Crippen LogP contribution is -2.41. The average Bonchev–Trinajstić information content (AvgIpc) is 3.28. The van der Waals surface area contributed by atoms with E-state index in [1.165, 1.54) is 16.0 Å². The zero-order chi connectivity index (χ0) is 20.1. The molecule has 2 heterocycles. The molecule has 1 N–H and O–H groups in total. The summed E-state index contributed by atoms with van der Waals surface area (Å²) in [6, 6.07) is 20.0. The summed E-state index contributed by atoms with van der Waals surface area (Å²) in [4.78, 5) is 16.1. The van der Waals surface area contributed by atoms with E-state index in [9.17, 15) is 4.79 Å². The Morgan fingerprint density at radius 1 is 1.10 bits per heavy atom. The number of thiophene rings is 1. The molecule has 0 saturated carbocycles. The van der Waals surface area contributed by atoms with Crippen LogP contribution in [0.5, 0.6) is 5.75 Å². The first-order valence-electron chi connectivity index (χ1n) is 9.68. The molecule has 150 valence electrons. The lowest BCUT2D eigenvalue weighted by Gasteiger charge is -2.35. The third kappa shape index (κ3) is 5.18. The van der Waals surface area contributed by atoms with Crippen LogP contribution in [0.25, 0.3) is 0 Å². The van der Waals surface area contributed by atoms with Gasteiger partial charge in [-0.2, -0.15) is 0 Å². The van der Waals surface area contributed by atoms with Crippen molar-refractivity contribution < 1.29 is 9.53 Å². The van der Waals surface area contributed by atoms with Crippen LogP contribution < -0.4 is 10.1 Å². The summed E-state index contributed by atoms with van der Waals surface area (Å²) in [6.07, 6.45) is 1.03. The molecule has 1 aliphatic rings. The zero-order valence-corrected chi connectivity index (χ0v) is 17.6. The molecule has 0 spiro atoms. The number of nitrogens with one attached hydrogen (secondary N) is 1. The van der Waals surface area contributed by atoms with Crippen LogP contribution in [0, 0.1) is 0 Å². The van der Waals surface area contributed by atoms with E-state index in [1.807, 2.05) is 0 Å². The second kappa shape index (κ2) is 9.44. The number of amides is 1. The topological polar surface area (TPSA) is 41.6 Å². The number of fused-ring (bicyclic) bond motifs is 1.